The van der Waals surface area contributed by atoms with Crippen molar-refractivity contribution in [3.05, 3.63) is 29.8 Å². The Bertz CT molecular complexity index is 356. The third-order valence-electron chi connectivity index (χ3n) is 3.22. The molecule has 0 aliphatic heterocycles. The van der Waals surface area contributed by atoms with Gasteiger partial charge in [0.1, 0.15) is 5.75 Å². The van der Waals surface area contributed by atoms with E-state index in [0.717, 1.165) is 18.6 Å². The predicted octanol–water partition coefficient (Wildman–Crippen LogP) is 3.18. The topological polar surface area (TPSA) is 29.5 Å². The van der Waals surface area contributed by atoms with Gasteiger partial charge in [0.25, 0.3) is 0 Å². The van der Waals surface area contributed by atoms with Crippen molar-refractivity contribution < 1.29 is 9.84 Å². The second kappa shape index (κ2) is 5.54. The molecule has 2 nitrogen and oxygen atoms in total. The van der Waals surface area contributed by atoms with Gasteiger partial charge in [0.2, 0.25) is 0 Å². The Morgan fingerprint density at radius 3 is 2.76 bits per heavy atom. The van der Waals surface area contributed by atoms with E-state index >= 15 is 0 Å². The maximum Gasteiger partial charge on any atom is 0.119 e. The molecule has 0 bridgehead atoms. The zero-order valence-electron chi connectivity index (χ0n) is 10.7. The Morgan fingerprint density at radius 1 is 1.35 bits per heavy atom. The van der Waals surface area contributed by atoms with Crippen molar-refractivity contribution in [1.82, 2.24) is 0 Å². The first-order valence-electron chi connectivity index (χ1n) is 6.59. The van der Waals surface area contributed by atoms with Crippen LogP contribution in [0.5, 0.6) is 5.75 Å². The fraction of sp³-hybridized carbons (Fsp3) is 0.600. The molecule has 2 rings (SSSR count). The molecular weight excluding hydrogens is 212 g/mol. The van der Waals surface area contributed by atoms with Gasteiger partial charge < -0.3 is 9.84 Å². The molecule has 1 aromatic rings. The number of rotatable bonds is 6. The molecule has 2 heteroatoms. The molecule has 17 heavy (non-hydrogen) atoms. The van der Waals surface area contributed by atoms with Crippen molar-refractivity contribution in [2.75, 3.05) is 0 Å². The smallest absolute Gasteiger partial charge is 0.119 e. The molecule has 0 spiro atoms. The van der Waals surface area contributed by atoms with Gasteiger partial charge in [-0.3, -0.25) is 0 Å². The quantitative estimate of drug-likeness (QED) is 0.819. The maximum absolute atomic E-state index is 9.78. The van der Waals surface area contributed by atoms with Crippen molar-refractivity contribution in [3.8, 4) is 5.75 Å². The van der Waals surface area contributed by atoms with Crippen LogP contribution in [0.15, 0.2) is 24.3 Å². The van der Waals surface area contributed by atoms with Crippen molar-refractivity contribution in [1.29, 1.82) is 0 Å². The second-order valence-electron chi connectivity index (χ2n) is 5.31. The molecule has 1 aliphatic carbocycles. The van der Waals surface area contributed by atoms with E-state index in [0.29, 0.717) is 12.0 Å². The molecule has 0 aromatic heterocycles. The molecule has 0 radical (unpaired) electrons. The van der Waals surface area contributed by atoms with Crippen LogP contribution in [-0.4, -0.2) is 17.3 Å². The zero-order chi connectivity index (χ0) is 12.3. The maximum atomic E-state index is 9.78. The average Bonchev–Trinajstić information content (AvgIpc) is 3.10. The zero-order valence-corrected chi connectivity index (χ0v) is 10.7. The van der Waals surface area contributed by atoms with Crippen LogP contribution in [0, 0.1) is 5.92 Å². The lowest BCUT2D eigenvalue weighted by Gasteiger charge is -2.14. The molecule has 1 saturated carbocycles. The number of hydrogen-bond donors (Lipinski definition) is 1. The highest BCUT2D eigenvalue weighted by Gasteiger charge is 2.23. The van der Waals surface area contributed by atoms with Gasteiger partial charge in [0, 0.05) is 0 Å². The lowest BCUT2D eigenvalue weighted by molar-refractivity contribution is 0.116. The van der Waals surface area contributed by atoms with E-state index in [1.54, 1.807) is 0 Å². The number of aryl methyl sites for hydroxylation is 1. The van der Waals surface area contributed by atoms with Gasteiger partial charge in [-0.25, -0.2) is 0 Å². The van der Waals surface area contributed by atoms with Gasteiger partial charge in [-0.1, -0.05) is 26.0 Å². The fourth-order valence-electron chi connectivity index (χ4n) is 1.80. The first-order valence-corrected chi connectivity index (χ1v) is 6.59. The van der Waals surface area contributed by atoms with Crippen LogP contribution < -0.4 is 4.74 Å². The molecule has 1 aromatic carbocycles. The van der Waals surface area contributed by atoms with Crippen LogP contribution >= 0.6 is 0 Å². The van der Waals surface area contributed by atoms with Crippen LogP contribution in [0.4, 0.5) is 0 Å². The minimum absolute atomic E-state index is 0.206. The summed E-state index contributed by atoms with van der Waals surface area (Å²) in [4.78, 5) is 0. The molecule has 1 atom stereocenters. The SMILES string of the molecule is CC(C)C(O)CCc1cccc(OC2CC2)c1. The van der Waals surface area contributed by atoms with Gasteiger partial charge >= 0.3 is 0 Å². The van der Waals surface area contributed by atoms with Crippen molar-refractivity contribution in [2.45, 2.75) is 51.7 Å². The lowest BCUT2D eigenvalue weighted by atomic mass is 9.99. The number of ether oxygens (including phenoxy) is 1. The van der Waals surface area contributed by atoms with E-state index in [1.807, 2.05) is 12.1 Å². The Kier molecular flexibility index (Phi) is 4.06. The molecule has 1 unspecified atom stereocenters. The summed E-state index contributed by atoms with van der Waals surface area (Å²) >= 11 is 0. The summed E-state index contributed by atoms with van der Waals surface area (Å²) in [7, 11) is 0. The normalized spacial score (nSPS) is 17.2. The second-order valence-corrected chi connectivity index (χ2v) is 5.31. The van der Waals surface area contributed by atoms with Crippen LogP contribution in [0.2, 0.25) is 0 Å². The van der Waals surface area contributed by atoms with Crippen molar-refractivity contribution >= 4 is 0 Å². The molecule has 0 heterocycles. The summed E-state index contributed by atoms with van der Waals surface area (Å²) in [5.74, 6) is 1.31. The molecule has 1 aliphatic rings. The molecular formula is C15H22O2. The monoisotopic (exact) mass is 234 g/mol. The summed E-state index contributed by atoms with van der Waals surface area (Å²) in [5, 5.41) is 9.78. The number of aliphatic hydroxyl groups is 1. The first kappa shape index (κ1) is 12.4. The van der Waals surface area contributed by atoms with Gasteiger partial charge in [-0.2, -0.15) is 0 Å². The summed E-state index contributed by atoms with van der Waals surface area (Å²) in [6.07, 6.45) is 4.37. The Morgan fingerprint density at radius 2 is 2.12 bits per heavy atom. The molecule has 0 saturated heterocycles. The van der Waals surface area contributed by atoms with E-state index in [-0.39, 0.29) is 6.10 Å². The van der Waals surface area contributed by atoms with E-state index < -0.39 is 0 Å². The highest BCUT2D eigenvalue weighted by Crippen LogP contribution is 2.27. The fourth-order valence-corrected chi connectivity index (χ4v) is 1.80. The number of hydrogen-bond acceptors (Lipinski definition) is 2. The minimum Gasteiger partial charge on any atom is -0.490 e. The first-order chi connectivity index (χ1) is 8.15. The highest BCUT2D eigenvalue weighted by atomic mass is 16.5. The Labute approximate surface area is 104 Å². The molecule has 94 valence electrons. The summed E-state index contributed by atoms with van der Waals surface area (Å²) in [5.41, 5.74) is 1.25. The van der Waals surface area contributed by atoms with Gasteiger partial charge in [0.15, 0.2) is 0 Å². The molecule has 1 N–H and O–H groups in total. The predicted molar refractivity (Wildman–Crippen MR) is 69.3 cm³/mol. The highest BCUT2D eigenvalue weighted by molar-refractivity contribution is 5.29. The molecule has 1 fully saturated rings. The van der Waals surface area contributed by atoms with Crippen molar-refractivity contribution in [2.24, 2.45) is 5.92 Å². The summed E-state index contributed by atoms with van der Waals surface area (Å²) in [6, 6.07) is 8.26. The van der Waals surface area contributed by atoms with Crippen LogP contribution in [0.1, 0.15) is 38.7 Å². The third-order valence-corrected chi connectivity index (χ3v) is 3.22. The number of aliphatic hydroxyl groups excluding tert-OH is 1. The van der Waals surface area contributed by atoms with E-state index in [2.05, 4.69) is 26.0 Å². The van der Waals surface area contributed by atoms with E-state index in [9.17, 15) is 5.11 Å². The summed E-state index contributed by atoms with van der Waals surface area (Å²) in [6.45, 7) is 4.11. The largest absolute Gasteiger partial charge is 0.490 e. The summed E-state index contributed by atoms with van der Waals surface area (Å²) < 4.78 is 5.76. The van der Waals surface area contributed by atoms with Gasteiger partial charge in [-0.15, -0.1) is 0 Å². The third kappa shape index (κ3) is 4.04. The van der Waals surface area contributed by atoms with E-state index in [1.165, 1.54) is 18.4 Å². The van der Waals surface area contributed by atoms with Gasteiger partial charge in [-0.05, 0) is 49.3 Å². The van der Waals surface area contributed by atoms with Gasteiger partial charge in [0.05, 0.1) is 12.2 Å². The number of benzene rings is 1. The Balaban J connectivity index is 1.86. The van der Waals surface area contributed by atoms with Crippen molar-refractivity contribution in [3.63, 3.8) is 0 Å². The lowest BCUT2D eigenvalue weighted by Crippen LogP contribution is -2.15. The Hall–Kier alpha value is -1.02. The van der Waals surface area contributed by atoms with Crippen LogP contribution in [0.3, 0.4) is 0 Å². The van der Waals surface area contributed by atoms with E-state index in [4.69, 9.17) is 4.74 Å². The minimum atomic E-state index is -0.206. The molecule has 0 amide bonds. The standard InChI is InChI=1S/C15H22O2/c1-11(2)15(16)9-6-12-4-3-5-14(10-12)17-13-7-8-13/h3-5,10-11,13,15-16H,6-9H2,1-2H3. The van der Waals surface area contributed by atoms with Crippen LogP contribution in [-0.2, 0) is 6.42 Å². The van der Waals surface area contributed by atoms with Crippen LogP contribution in [0.25, 0.3) is 0 Å². The average molecular weight is 234 g/mol.